The van der Waals surface area contributed by atoms with Crippen LogP contribution >= 0.6 is 0 Å². The van der Waals surface area contributed by atoms with Gasteiger partial charge >= 0.3 is 0 Å². The maximum absolute atomic E-state index is 12.5. The monoisotopic (exact) mass is 351 g/mol. The van der Waals surface area contributed by atoms with Crippen LogP contribution in [0, 0.1) is 6.92 Å². The molecule has 0 saturated heterocycles. The van der Waals surface area contributed by atoms with E-state index in [2.05, 4.69) is 20.4 Å². The van der Waals surface area contributed by atoms with Gasteiger partial charge in [0.25, 0.3) is 0 Å². The first-order chi connectivity index (χ1) is 12.7. The topological polar surface area (TPSA) is 81.9 Å². The molecule has 0 aliphatic carbocycles. The number of ether oxygens (including phenoxy) is 1. The Morgan fingerprint density at radius 3 is 2.81 bits per heavy atom. The number of pyridine rings is 2. The molecule has 0 saturated carbocycles. The summed E-state index contributed by atoms with van der Waals surface area (Å²) in [6, 6.07) is 8.86. The molecule has 3 aromatic heterocycles. The van der Waals surface area contributed by atoms with Gasteiger partial charge in [-0.05, 0) is 37.6 Å². The molecule has 0 spiro atoms. The quantitative estimate of drug-likeness (QED) is 0.707. The molecule has 0 bridgehead atoms. The maximum Gasteiger partial charge on any atom is 0.245 e. The number of carbonyl (C=O) groups is 1. The molecule has 0 unspecified atom stereocenters. The van der Waals surface area contributed by atoms with Gasteiger partial charge in [0, 0.05) is 36.4 Å². The van der Waals surface area contributed by atoms with Crippen molar-refractivity contribution in [1.82, 2.24) is 25.1 Å². The number of aryl methyl sites for hydroxylation is 1. The normalized spacial score (nSPS) is 11.8. The number of carbonyl (C=O) groups excluding carboxylic acids is 1. The molecule has 0 aromatic carbocycles. The molecular formula is C19H21N5O2. The van der Waals surface area contributed by atoms with Crippen molar-refractivity contribution in [3.05, 3.63) is 66.4 Å². The van der Waals surface area contributed by atoms with Crippen LogP contribution in [0.2, 0.25) is 0 Å². The second kappa shape index (κ2) is 8.24. The predicted octanol–water partition coefficient (Wildman–Crippen LogP) is 3.04. The third-order valence-electron chi connectivity index (χ3n) is 3.94. The molecular weight excluding hydrogens is 330 g/mol. The number of hydrogen-bond acceptors (Lipinski definition) is 5. The highest BCUT2D eigenvalue weighted by Crippen LogP contribution is 2.22. The van der Waals surface area contributed by atoms with Gasteiger partial charge in [0.1, 0.15) is 11.8 Å². The zero-order valence-electron chi connectivity index (χ0n) is 14.8. The Labute approximate surface area is 152 Å². The lowest BCUT2D eigenvalue weighted by Crippen LogP contribution is -2.32. The largest absolute Gasteiger partial charge is 0.437 e. The van der Waals surface area contributed by atoms with Crippen LogP contribution in [0.4, 0.5) is 0 Å². The van der Waals surface area contributed by atoms with E-state index >= 15 is 0 Å². The fourth-order valence-corrected chi connectivity index (χ4v) is 2.53. The van der Waals surface area contributed by atoms with E-state index in [4.69, 9.17) is 4.74 Å². The van der Waals surface area contributed by atoms with Gasteiger partial charge < -0.3 is 10.1 Å². The van der Waals surface area contributed by atoms with Crippen LogP contribution < -0.4 is 10.1 Å². The van der Waals surface area contributed by atoms with E-state index < -0.39 is 0 Å². The molecule has 7 heteroatoms. The standard InChI is InChI=1S/C19H21N5O2/c1-3-17(24-11-5-10-23-24)18(25)22-12-15-6-4-9-20-19(15)26-16-8-7-14(2)21-13-16/h4-11,13,17H,3,12H2,1-2H3,(H,22,25)/t17-/m0/s1. The first kappa shape index (κ1) is 17.6. The van der Waals surface area contributed by atoms with E-state index in [0.717, 1.165) is 11.3 Å². The molecule has 3 heterocycles. The molecule has 7 nitrogen and oxygen atoms in total. The highest BCUT2D eigenvalue weighted by molar-refractivity contribution is 5.80. The Hall–Kier alpha value is -3.22. The summed E-state index contributed by atoms with van der Waals surface area (Å²) in [5.41, 5.74) is 1.70. The van der Waals surface area contributed by atoms with Gasteiger partial charge in [0.2, 0.25) is 11.8 Å². The molecule has 1 amide bonds. The summed E-state index contributed by atoms with van der Waals surface area (Å²) >= 11 is 0. The van der Waals surface area contributed by atoms with Gasteiger partial charge in [-0.25, -0.2) is 4.98 Å². The van der Waals surface area contributed by atoms with Crippen molar-refractivity contribution < 1.29 is 9.53 Å². The summed E-state index contributed by atoms with van der Waals surface area (Å²) in [7, 11) is 0. The molecule has 3 aromatic rings. The molecule has 0 aliphatic rings. The van der Waals surface area contributed by atoms with Crippen molar-refractivity contribution >= 4 is 5.91 Å². The number of nitrogens with zero attached hydrogens (tertiary/aromatic N) is 4. The van der Waals surface area contributed by atoms with Crippen LogP contribution in [-0.4, -0.2) is 25.7 Å². The smallest absolute Gasteiger partial charge is 0.245 e. The van der Waals surface area contributed by atoms with Crippen molar-refractivity contribution in [2.75, 3.05) is 0 Å². The minimum atomic E-state index is -0.340. The van der Waals surface area contributed by atoms with Crippen LogP contribution in [-0.2, 0) is 11.3 Å². The van der Waals surface area contributed by atoms with Crippen LogP contribution in [0.25, 0.3) is 0 Å². The van der Waals surface area contributed by atoms with Gasteiger partial charge in [-0.15, -0.1) is 0 Å². The van der Waals surface area contributed by atoms with Crippen molar-refractivity contribution in [3.8, 4) is 11.6 Å². The molecule has 134 valence electrons. The average molecular weight is 351 g/mol. The number of nitrogens with one attached hydrogen (secondary N) is 1. The van der Waals surface area contributed by atoms with Crippen LogP contribution in [0.3, 0.4) is 0 Å². The zero-order valence-corrected chi connectivity index (χ0v) is 14.8. The Bertz CT molecular complexity index is 847. The molecule has 0 fully saturated rings. The van der Waals surface area contributed by atoms with Crippen molar-refractivity contribution in [1.29, 1.82) is 0 Å². The highest BCUT2D eigenvalue weighted by atomic mass is 16.5. The van der Waals surface area contributed by atoms with Crippen LogP contribution in [0.5, 0.6) is 11.6 Å². The lowest BCUT2D eigenvalue weighted by molar-refractivity contribution is -0.124. The third-order valence-corrected chi connectivity index (χ3v) is 3.94. The number of amides is 1. The average Bonchev–Trinajstić information content (AvgIpc) is 3.18. The first-order valence-corrected chi connectivity index (χ1v) is 8.48. The number of rotatable bonds is 7. The second-order valence-corrected chi connectivity index (χ2v) is 5.83. The van der Waals surface area contributed by atoms with Crippen molar-refractivity contribution in [2.45, 2.75) is 32.9 Å². The maximum atomic E-state index is 12.5. The van der Waals surface area contributed by atoms with E-state index in [9.17, 15) is 4.79 Å². The fourth-order valence-electron chi connectivity index (χ4n) is 2.53. The zero-order chi connectivity index (χ0) is 18.4. The number of aromatic nitrogens is 4. The van der Waals surface area contributed by atoms with E-state index in [1.807, 2.05) is 38.1 Å². The molecule has 3 rings (SSSR count). The van der Waals surface area contributed by atoms with E-state index in [0.29, 0.717) is 24.6 Å². The molecule has 26 heavy (non-hydrogen) atoms. The summed E-state index contributed by atoms with van der Waals surface area (Å²) in [6.07, 6.45) is 7.41. The fraction of sp³-hybridized carbons (Fsp3) is 0.263. The Morgan fingerprint density at radius 1 is 1.23 bits per heavy atom. The van der Waals surface area contributed by atoms with Gasteiger partial charge in [-0.3, -0.25) is 14.5 Å². The van der Waals surface area contributed by atoms with Gasteiger partial charge in [-0.2, -0.15) is 5.10 Å². The van der Waals surface area contributed by atoms with Crippen molar-refractivity contribution in [3.63, 3.8) is 0 Å². The van der Waals surface area contributed by atoms with Crippen molar-refractivity contribution in [2.24, 2.45) is 0 Å². The molecule has 0 aliphatic heterocycles. The SMILES string of the molecule is CC[C@@H](C(=O)NCc1cccnc1Oc1ccc(C)nc1)n1cccn1. The minimum absolute atomic E-state index is 0.0944. The second-order valence-electron chi connectivity index (χ2n) is 5.83. The summed E-state index contributed by atoms with van der Waals surface area (Å²) in [4.78, 5) is 21.0. The number of hydrogen-bond donors (Lipinski definition) is 1. The Morgan fingerprint density at radius 2 is 2.12 bits per heavy atom. The first-order valence-electron chi connectivity index (χ1n) is 8.48. The lowest BCUT2D eigenvalue weighted by Gasteiger charge is -2.16. The predicted molar refractivity (Wildman–Crippen MR) is 96.7 cm³/mol. The Kier molecular flexibility index (Phi) is 5.58. The molecule has 1 atom stereocenters. The lowest BCUT2D eigenvalue weighted by atomic mass is 10.2. The molecule has 1 N–H and O–H groups in total. The van der Waals surface area contributed by atoms with E-state index in [-0.39, 0.29) is 11.9 Å². The van der Waals surface area contributed by atoms with E-state index in [1.54, 1.807) is 35.5 Å². The molecule has 0 radical (unpaired) electrons. The summed E-state index contributed by atoms with van der Waals surface area (Å²) in [6.45, 7) is 4.18. The summed E-state index contributed by atoms with van der Waals surface area (Å²) < 4.78 is 7.47. The minimum Gasteiger partial charge on any atom is -0.437 e. The summed E-state index contributed by atoms with van der Waals surface area (Å²) in [5.74, 6) is 0.957. The third kappa shape index (κ3) is 4.24. The Balaban J connectivity index is 1.68. The van der Waals surface area contributed by atoms with Gasteiger partial charge in [-0.1, -0.05) is 13.0 Å². The van der Waals surface area contributed by atoms with Crippen LogP contribution in [0.15, 0.2) is 55.1 Å². The van der Waals surface area contributed by atoms with Gasteiger partial charge in [0.15, 0.2) is 0 Å². The summed E-state index contributed by atoms with van der Waals surface area (Å²) in [5, 5.41) is 7.09. The van der Waals surface area contributed by atoms with E-state index in [1.165, 1.54) is 0 Å². The van der Waals surface area contributed by atoms with Crippen LogP contribution in [0.1, 0.15) is 30.6 Å². The van der Waals surface area contributed by atoms with Gasteiger partial charge in [0.05, 0.1) is 6.20 Å². The highest BCUT2D eigenvalue weighted by Gasteiger charge is 2.19.